The number of likely N-dealkylation sites (tertiary alicyclic amines) is 1. The number of benzene rings is 2. The minimum absolute atomic E-state index is 0.0761. The normalized spacial score (nSPS) is 16.1. The van der Waals surface area contributed by atoms with E-state index in [9.17, 15) is 4.79 Å². The SMILES string of the molecule is CC(C)Oc1ccc(CN2CC(c3noc(-c4ccc(C#N)cc4)n3)CC2=O)cc1. The molecule has 0 aliphatic carbocycles. The summed E-state index contributed by atoms with van der Waals surface area (Å²) in [6.07, 6.45) is 0.488. The van der Waals surface area contributed by atoms with Gasteiger partial charge in [-0.3, -0.25) is 4.79 Å². The molecule has 2 heterocycles. The van der Waals surface area contributed by atoms with E-state index in [2.05, 4.69) is 16.2 Å². The first kappa shape index (κ1) is 19.6. The van der Waals surface area contributed by atoms with Crippen molar-refractivity contribution in [3.63, 3.8) is 0 Å². The second kappa shape index (κ2) is 8.37. The number of aromatic nitrogens is 2. The van der Waals surface area contributed by atoms with Gasteiger partial charge >= 0.3 is 0 Å². The number of nitrogens with zero attached hydrogens (tertiary/aromatic N) is 4. The Kier molecular flexibility index (Phi) is 5.48. The first-order valence-electron chi connectivity index (χ1n) is 9.89. The van der Waals surface area contributed by atoms with Gasteiger partial charge in [0.2, 0.25) is 5.91 Å². The van der Waals surface area contributed by atoms with Gasteiger partial charge < -0.3 is 14.2 Å². The Morgan fingerprint density at radius 1 is 1.20 bits per heavy atom. The number of carbonyl (C=O) groups is 1. The molecule has 0 spiro atoms. The summed E-state index contributed by atoms with van der Waals surface area (Å²) in [6.45, 7) is 5.07. The van der Waals surface area contributed by atoms with Crippen molar-refractivity contribution in [2.45, 2.75) is 38.8 Å². The number of carbonyl (C=O) groups excluding carboxylic acids is 1. The first-order chi connectivity index (χ1) is 14.5. The van der Waals surface area contributed by atoms with Crippen molar-refractivity contribution in [3.05, 3.63) is 65.5 Å². The smallest absolute Gasteiger partial charge is 0.257 e. The molecule has 1 saturated heterocycles. The molecular formula is C23H22N4O3. The Hall–Kier alpha value is -3.66. The summed E-state index contributed by atoms with van der Waals surface area (Å²) >= 11 is 0. The average molecular weight is 402 g/mol. The van der Waals surface area contributed by atoms with Crippen LogP contribution in [0, 0.1) is 11.3 Å². The summed E-state index contributed by atoms with van der Waals surface area (Å²) in [7, 11) is 0. The summed E-state index contributed by atoms with van der Waals surface area (Å²) in [5, 5.41) is 13.0. The quantitative estimate of drug-likeness (QED) is 0.621. The molecule has 152 valence electrons. The van der Waals surface area contributed by atoms with Crippen molar-refractivity contribution in [1.29, 1.82) is 5.26 Å². The monoisotopic (exact) mass is 402 g/mol. The molecule has 1 unspecified atom stereocenters. The Morgan fingerprint density at radius 2 is 1.93 bits per heavy atom. The van der Waals surface area contributed by atoms with E-state index in [1.165, 1.54) is 0 Å². The Bertz CT molecular complexity index is 1070. The lowest BCUT2D eigenvalue weighted by atomic mass is 10.1. The van der Waals surface area contributed by atoms with E-state index < -0.39 is 0 Å². The lowest BCUT2D eigenvalue weighted by molar-refractivity contribution is -0.128. The van der Waals surface area contributed by atoms with E-state index in [1.54, 1.807) is 24.3 Å². The van der Waals surface area contributed by atoms with Crippen LogP contribution in [0.1, 0.15) is 43.1 Å². The van der Waals surface area contributed by atoms with Crippen molar-refractivity contribution < 1.29 is 14.1 Å². The molecule has 1 fully saturated rings. The minimum Gasteiger partial charge on any atom is -0.491 e. The number of amides is 1. The van der Waals surface area contributed by atoms with Crippen LogP contribution in [0.15, 0.2) is 53.1 Å². The Labute approximate surface area is 174 Å². The maximum Gasteiger partial charge on any atom is 0.257 e. The highest BCUT2D eigenvalue weighted by Gasteiger charge is 2.33. The van der Waals surface area contributed by atoms with Gasteiger partial charge in [-0.1, -0.05) is 17.3 Å². The minimum atomic E-state index is -0.100. The van der Waals surface area contributed by atoms with Gasteiger partial charge in [0.1, 0.15) is 5.75 Å². The van der Waals surface area contributed by atoms with Crippen LogP contribution in [0.3, 0.4) is 0 Å². The standard InChI is InChI=1S/C23H22N4O3/c1-15(2)29-20-9-5-17(6-10-20)13-27-14-19(11-21(27)28)22-25-23(30-26-22)18-7-3-16(12-24)4-8-18/h3-10,15,19H,11,13-14H2,1-2H3. The fraction of sp³-hybridized carbons (Fsp3) is 0.304. The van der Waals surface area contributed by atoms with Crippen LogP contribution >= 0.6 is 0 Å². The average Bonchev–Trinajstić information content (AvgIpc) is 3.36. The van der Waals surface area contributed by atoms with Gasteiger partial charge in [0, 0.05) is 31.0 Å². The third kappa shape index (κ3) is 4.33. The molecule has 4 rings (SSSR count). The topological polar surface area (TPSA) is 92.2 Å². The van der Waals surface area contributed by atoms with Crippen molar-refractivity contribution in [3.8, 4) is 23.3 Å². The van der Waals surface area contributed by atoms with Crippen molar-refractivity contribution in [1.82, 2.24) is 15.0 Å². The van der Waals surface area contributed by atoms with Crippen LogP contribution in [0.2, 0.25) is 0 Å². The third-order valence-corrected chi connectivity index (χ3v) is 4.95. The summed E-state index contributed by atoms with van der Waals surface area (Å²) in [5.74, 6) is 1.72. The maximum atomic E-state index is 12.5. The molecule has 1 aliphatic rings. The summed E-state index contributed by atoms with van der Waals surface area (Å²) in [5.41, 5.74) is 2.36. The van der Waals surface area contributed by atoms with Crippen LogP contribution in [0.25, 0.3) is 11.5 Å². The second-order valence-corrected chi connectivity index (χ2v) is 7.63. The van der Waals surface area contributed by atoms with Gasteiger partial charge in [-0.05, 0) is 55.8 Å². The maximum absolute atomic E-state index is 12.5. The lowest BCUT2D eigenvalue weighted by Crippen LogP contribution is -2.24. The van der Waals surface area contributed by atoms with Gasteiger partial charge in [-0.15, -0.1) is 0 Å². The van der Waals surface area contributed by atoms with Gasteiger partial charge in [-0.2, -0.15) is 10.2 Å². The summed E-state index contributed by atoms with van der Waals surface area (Å²) in [4.78, 5) is 18.8. The molecule has 1 aliphatic heterocycles. The van der Waals surface area contributed by atoms with Crippen molar-refractivity contribution >= 4 is 5.91 Å². The molecule has 0 bridgehead atoms. The van der Waals surface area contributed by atoms with E-state index in [1.807, 2.05) is 43.0 Å². The molecule has 1 atom stereocenters. The predicted octanol–water partition coefficient (Wildman–Crippen LogP) is 3.91. The third-order valence-electron chi connectivity index (χ3n) is 4.95. The Morgan fingerprint density at radius 3 is 2.60 bits per heavy atom. The fourth-order valence-corrected chi connectivity index (χ4v) is 3.47. The molecule has 0 radical (unpaired) electrons. The Balaban J connectivity index is 1.41. The van der Waals surface area contributed by atoms with Crippen LogP contribution in [-0.4, -0.2) is 33.6 Å². The van der Waals surface area contributed by atoms with Gasteiger partial charge in [0.15, 0.2) is 5.82 Å². The number of ether oxygens (including phenoxy) is 1. The highest BCUT2D eigenvalue weighted by Crippen LogP contribution is 2.29. The largest absolute Gasteiger partial charge is 0.491 e. The van der Waals surface area contributed by atoms with E-state index in [4.69, 9.17) is 14.5 Å². The van der Waals surface area contributed by atoms with Crippen LogP contribution in [0.4, 0.5) is 0 Å². The van der Waals surface area contributed by atoms with Gasteiger partial charge in [-0.25, -0.2) is 0 Å². The molecular weight excluding hydrogens is 380 g/mol. The molecule has 30 heavy (non-hydrogen) atoms. The molecule has 7 nitrogen and oxygen atoms in total. The molecule has 1 aromatic heterocycles. The van der Waals surface area contributed by atoms with E-state index in [-0.39, 0.29) is 17.9 Å². The molecule has 1 amide bonds. The van der Waals surface area contributed by atoms with E-state index in [0.717, 1.165) is 16.9 Å². The van der Waals surface area contributed by atoms with Crippen LogP contribution in [0.5, 0.6) is 5.75 Å². The number of hydrogen-bond donors (Lipinski definition) is 0. The second-order valence-electron chi connectivity index (χ2n) is 7.63. The molecule has 2 aromatic carbocycles. The molecule has 0 saturated carbocycles. The molecule has 3 aromatic rings. The van der Waals surface area contributed by atoms with Crippen LogP contribution in [-0.2, 0) is 11.3 Å². The first-order valence-corrected chi connectivity index (χ1v) is 9.89. The van der Waals surface area contributed by atoms with E-state index >= 15 is 0 Å². The zero-order valence-corrected chi connectivity index (χ0v) is 16.9. The summed E-state index contributed by atoms with van der Waals surface area (Å²) < 4.78 is 11.0. The number of hydrogen-bond acceptors (Lipinski definition) is 6. The highest BCUT2D eigenvalue weighted by molar-refractivity contribution is 5.79. The fourth-order valence-electron chi connectivity index (χ4n) is 3.47. The van der Waals surface area contributed by atoms with Crippen LogP contribution < -0.4 is 4.74 Å². The lowest BCUT2D eigenvalue weighted by Gasteiger charge is -2.17. The number of nitriles is 1. The molecule has 0 N–H and O–H groups in total. The van der Waals surface area contributed by atoms with E-state index in [0.29, 0.717) is 36.8 Å². The van der Waals surface area contributed by atoms with Gasteiger partial charge in [0.05, 0.1) is 17.7 Å². The highest BCUT2D eigenvalue weighted by atomic mass is 16.5. The number of rotatable bonds is 6. The van der Waals surface area contributed by atoms with Gasteiger partial charge in [0.25, 0.3) is 5.89 Å². The zero-order valence-electron chi connectivity index (χ0n) is 16.9. The van der Waals surface area contributed by atoms with Crippen molar-refractivity contribution in [2.75, 3.05) is 6.54 Å². The van der Waals surface area contributed by atoms with Crippen molar-refractivity contribution in [2.24, 2.45) is 0 Å². The molecule has 7 heteroatoms. The zero-order chi connectivity index (χ0) is 21.1. The summed E-state index contributed by atoms with van der Waals surface area (Å²) in [6, 6.07) is 16.9. The predicted molar refractivity (Wildman–Crippen MR) is 109 cm³/mol.